The molecule has 0 bridgehead atoms. The molecule has 1 amide bonds. The summed E-state index contributed by atoms with van der Waals surface area (Å²) in [6, 6.07) is 24.7. The van der Waals surface area contributed by atoms with Gasteiger partial charge in [-0.25, -0.2) is 9.97 Å². The van der Waals surface area contributed by atoms with E-state index in [9.17, 15) is 4.79 Å². The second-order valence-corrected chi connectivity index (χ2v) is 6.57. The molecule has 0 saturated carbocycles. The molecule has 0 radical (unpaired) electrons. The summed E-state index contributed by atoms with van der Waals surface area (Å²) in [4.78, 5) is 21.1. The number of nitrogens with one attached hydrogen (secondary N) is 1. The zero-order chi connectivity index (χ0) is 20.1. The van der Waals surface area contributed by atoms with Crippen molar-refractivity contribution in [2.45, 2.75) is 6.92 Å². The van der Waals surface area contributed by atoms with Crippen molar-refractivity contribution in [3.8, 4) is 22.9 Å². The number of nitrogens with zero attached hydrogens (tertiary/aromatic N) is 2. The highest BCUT2D eigenvalue weighted by Gasteiger charge is 2.09. The summed E-state index contributed by atoms with van der Waals surface area (Å²) in [6.45, 7) is 2.01. The topological polar surface area (TPSA) is 64.1 Å². The lowest BCUT2D eigenvalue weighted by Crippen LogP contribution is -2.11. The van der Waals surface area contributed by atoms with Gasteiger partial charge in [-0.1, -0.05) is 48.0 Å². The second kappa shape index (κ2) is 8.35. The molecule has 4 aromatic rings. The number of benzene rings is 3. The van der Waals surface area contributed by atoms with Gasteiger partial charge in [-0.05, 0) is 48.9 Å². The molecule has 0 saturated heterocycles. The third-order valence-electron chi connectivity index (χ3n) is 4.35. The highest BCUT2D eigenvalue weighted by atomic mass is 16.5. The lowest BCUT2D eigenvalue weighted by molar-refractivity contribution is 0.102. The Kier molecular flexibility index (Phi) is 5.29. The molecule has 0 aliphatic carbocycles. The van der Waals surface area contributed by atoms with E-state index in [1.165, 1.54) is 0 Å². The van der Waals surface area contributed by atoms with E-state index in [0.717, 1.165) is 22.4 Å². The van der Waals surface area contributed by atoms with Crippen LogP contribution in [-0.4, -0.2) is 15.9 Å². The third kappa shape index (κ3) is 4.65. The quantitative estimate of drug-likeness (QED) is 0.496. The van der Waals surface area contributed by atoms with Gasteiger partial charge in [-0.2, -0.15) is 0 Å². The first-order valence-corrected chi connectivity index (χ1v) is 9.21. The van der Waals surface area contributed by atoms with Crippen LogP contribution in [0.3, 0.4) is 0 Å². The van der Waals surface area contributed by atoms with E-state index < -0.39 is 0 Å². The van der Waals surface area contributed by atoms with Crippen molar-refractivity contribution in [1.82, 2.24) is 9.97 Å². The highest BCUT2D eigenvalue weighted by molar-refractivity contribution is 6.04. The SMILES string of the molecule is Cc1ccc(NC(=O)c2cccc(-c3cnc(Oc4ccccc4)nc3)c2)cc1. The Morgan fingerprint density at radius 1 is 0.828 bits per heavy atom. The van der Waals surface area contributed by atoms with E-state index in [0.29, 0.717) is 11.3 Å². The summed E-state index contributed by atoms with van der Waals surface area (Å²) in [5.74, 6) is 0.510. The Morgan fingerprint density at radius 2 is 1.55 bits per heavy atom. The van der Waals surface area contributed by atoms with E-state index in [4.69, 9.17) is 4.74 Å². The minimum absolute atomic E-state index is 0.166. The number of amides is 1. The summed E-state index contributed by atoms with van der Waals surface area (Å²) in [5, 5.41) is 2.91. The summed E-state index contributed by atoms with van der Waals surface area (Å²) < 4.78 is 5.62. The Hall–Kier alpha value is -3.99. The zero-order valence-corrected chi connectivity index (χ0v) is 15.9. The Bertz CT molecular complexity index is 1110. The van der Waals surface area contributed by atoms with Gasteiger partial charge in [-0.15, -0.1) is 0 Å². The maximum Gasteiger partial charge on any atom is 0.321 e. The molecule has 142 valence electrons. The highest BCUT2D eigenvalue weighted by Crippen LogP contribution is 2.22. The van der Waals surface area contributed by atoms with Gasteiger partial charge in [0.25, 0.3) is 5.91 Å². The van der Waals surface area contributed by atoms with Crippen molar-refractivity contribution >= 4 is 11.6 Å². The van der Waals surface area contributed by atoms with Gasteiger partial charge >= 0.3 is 6.01 Å². The number of aromatic nitrogens is 2. The van der Waals surface area contributed by atoms with Crippen LogP contribution in [0.4, 0.5) is 5.69 Å². The average molecular weight is 381 g/mol. The fourth-order valence-corrected chi connectivity index (χ4v) is 2.79. The van der Waals surface area contributed by atoms with Gasteiger partial charge in [0, 0.05) is 29.2 Å². The maximum atomic E-state index is 12.6. The van der Waals surface area contributed by atoms with E-state index in [2.05, 4.69) is 15.3 Å². The molecule has 1 heterocycles. The van der Waals surface area contributed by atoms with E-state index >= 15 is 0 Å². The zero-order valence-electron chi connectivity index (χ0n) is 15.9. The first-order chi connectivity index (χ1) is 14.2. The number of ether oxygens (including phenoxy) is 1. The number of hydrogen-bond donors (Lipinski definition) is 1. The van der Waals surface area contributed by atoms with Crippen LogP contribution >= 0.6 is 0 Å². The van der Waals surface area contributed by atoms with Gasteiger partial charge < -0.3 is 10.1 Å². The molecule has 1 aromatic heterocycles. The number of carbonyl (C=O) groups is 1. The molecule has 1 N–H and O–H groups in total. The second-order valence-electron chi connectivity index (χ2n) is 6.57. The molecule has 0 fully saturated rings. The normalized spacial score (nSPS) is 10.4. The molecule has 4 rings (SSSR count). The Morgan fingerprint density at radius 3 is 2.28 bits per heavy atom. The number of anilines is 1. The third-order valence-corrected chi connectivity index (χ3v) is 4.35. The summed E-state index contributed by atoms with van der Waals surface area (Å²) >= 11 is 0. The van der Waals surface area contributed by atoms with Crippen LogP contribution in [0, 0.1) is 6.92 Å². The van der Waals surface area contributed by atoms with Crippen LogP contribution in [0.25, 0.3) is 11.1 Å². The standard InChI is InChI=1S/C24H19N3O2/c1-17-10-12-21(13-11-17)27-23(28)19-7-5-6-18(14-19)20-15-25-24(26-16-20)29-22-8-3-2-4-9-22/h2-16H,1H3,(H,27,28). The Balaban J connectivity index is 1.49. The van der Waals surface area contributed by atoms with Gasteiger partial charge in [0.2, 0.25) is 0 Å². The van der Waals surface area contributed by atoms with Crippen molar-refractivity contribution in [3.05, 3.63) is 102 Å². The van der Waals surface area contributed by atoms with Crippen molar-refractivity contribution < 1.29 is 9.53 Å². The van der Waals surface area contributed by atoms with Crippen LogP contribution in [0.2, 0.25) is 0 Å². The predicted molar refractivity (Wildman–Crippen MR) is 113 cm³/mol. The van der Waals surface area contributed by atoms with Crippen LogP contribution in [0.5, 0.6) is 11.8 Å². The van der Waals surface area contributed by atoms with E-state index in [1.54, 1.807) is 18.5 Å². The smallest absolute Gasteiger partial charge is 0.321 e. The first kappa shape index (κ1) is 18.4. The molecule has 0 atom stereocenters. The Labute approximate surface area is 169 Å². The summed E-state index contributed by atoms with van der Waals surface area (Å²) in [6.07, 6.45) is 3.37. The largest absolute Gasteiger partial charge is 0.424 e. The fraction of sp³-hybridized carbons (Fsp3) is 0.0417. The molecule has 0 aliphatic heterocycles. The van der Waals surface area contributed by atoms with Gasteiger partial charge in [0.15, 0.2) is 0 Å². The number of para-hydroxylation sites is 1. The van der Waals surface area contributed by atoms with Gasteiger partial charge in [0.05, 0.1) is 0 Å². The van der Waals surface area contributed by atoms with Gasteiger partial charge in [0.1, 0.15) is 5.75 Å². The molecule has 0 aliphatic rings. The van der Waals surface area contributed by atoms with E-state index in [1.807, 2.05) is 79.7 Å². The van der Waals surface area contributed by atoms with Crippen molar-refractivity contribution in [2.24, 2.45) is 0 Å². The van der Waals surface area contributed by atoms with Crippen molar-refractivity contribution in [3.63, 3.8) is 0 Å². The molecular weight excluding hydrogens is 362 g/mol. The summed E-state index contributed by atoms with van der Waals surface area (Å²) in [5.41, 5.74) is 4.12. The van der Waals surface area contributed by atoms with Crippen molar-refractivity contribution in [1.29, 1.82) is 0 Å². The minimum Gasteiger partial charge on any atom is -0.424 e. The lowest BCUT2D eigenvalue weighted by atomic mass is 10.1. The molecule has 5 nitrogen and oxygen atoms in total. The monoisotopic (exact) mass is 381 g/mol. The molecule has 0 spiro atoms. The van der Waals surface area contributed by atoms with Crippen LogP contribution < -0.4 is 10.1 Å². The molecule has 29 heavy (non-hydrogen) atoms. The number of rotatable bonds is 5. The number of aryl methyl sites for hydroxylation is 1. The predicted octanol–water partition coefficient (Wildman–Crippen LogP) is 5.50. The van der Waals surface area contributed by atoms with Gasteiger partial charge in [-0.3, -0.25) is 4.79 Å². The summed E-state index contributed by atoms with van der Waals surface area (Å²) in [7, 11) is 0. The lowest BCUT2D eigenvalue weighted by Gasteiger charge is -2.08. The average Bonchev–Trinajstić information content (AvgIpc) is 2.77. The molecule has 3 aromatic carbocycles. The van der Waals surface area contributed by atoms with Crippen LogP contribution in [-0.2, 0) is 0 Å². The van der Waals surface area contributed by atoms with Crippen molar-refractivity contribution in [2.75, 3.05) is 5.32 Å². The first-order valence-electron chi connectivity index (χ1n) is 9.21. The number of carbonyl (C=O) groups excluding carboxylic acids is 1. The number of hydrogen-bond acceptors (Lipinski definition) is 4. The molecule has 5 heteroatoms. The fourth-order valence-electron chi connectivity index (χ4n) is 2.79. The van der Waals surface area contributed by atoms with Crippen LogP contribution in [0.15, 0.2) is 91.3 Å². The molecule has 0 unspecified atom stereocenters. The molecular formula is C24H19N3O2. The van der Waals surface area contributed by atoms with Crippen LogP contribution in [0.1, 0.15) is 15.9 Å². The van der Waals surface area contributed by atoms with E-state index in [-0.39, 0.29) is 11.9 Å². The minimum atomic E-state index is -0.166. The maximum absolute atomic E-state index is 12.6.